The molecule has 1 aromatic carbocycles. The molecule has 0 bridgehead atoms. The van der Waals surface area contributed by atoms with Crippen molar-refractivity contribution in [3.8, 4) is 6.07 Å². The van der Waals surface area contributed by atoms with Crippen LogP contribution in [0.25, 0.3) is 0 Å². The zero-order valence-corrected chi connectivity index (χ0v) is 15.3. The number of benzene rings is 1. The van der Waals surface area contributed by atoms with Gasteiger partial charge in [0.15, 0.2) is 6.04 Å². The van der Waals surface area contributed by atoms with Crippen LogP contribution in [-0.4, -0.2) is 48.9 Å². The van der Waals surface area contributed by atoms with Crippen molar-refractivity contribution in [3.63, 3.8) is 0 Å². The van der Waals surface area contributed by atoms with Crippen LogP contribution in [0.2, 0.25) is 0 Å². The molecule has 3 N–H and O–H groups in total. The molecule has 27 heavy (non-hydrogen) atoms. The minimum Gasteiger partial charge on any atom is -0.392 e. The van der Waals surface area contributed by atoms with Crippen molar-refractivity contribution in [3.05, 3.63) is 35.4 Å². The second-order valence-electron chi connectivity index (χ2n) is 5.93. The van der Waals surface area contributed by atoms with Crippen LogP contribution < -0.4 is 5.14 Å². The third kappa shape index (κ3) is 4.43. The largest absolute Gasteiger partial charge is 0.392 e. The molecule has 10 nitrogen and oxygen atoms in total. The number of carbonyl (C=O) groups excluding carboxylic acids is 2. The van der Waals surface area contributed by atoms with Gasteiger partial charge in [-0.3, -0.25) is 14.5 Å². The molecule has 1 heterocycles. The van der Waals surface area contributed by atoms with Crippen molar-refractivity contribution >= 4 is 27.5 Å². The first-order valence-electron chi connectivity index (χ1n) is 7.74. The number of hydrogen-bond donors (Lipinski definition) is 2. The molecular weight excluding hydrogens is 374 g/mol. The van der Waals surface area contributed by atoms with Crippen LogP contribution in [-0.2, 0) is 19.6 Å². The first-order valence-corrected chi connectivity index (χ1v) is 9.29. The number of sulfonamides is 1. The average Bonchev–Trinajstić information content (AvgIpc) is 2.58. The van der Waals surface area contributed by atoms with Gasteiger partial charge in [-0.15, -0.1) is 0 Å². The number of aliphatic hydroxyl groups is 1. The predicted molar refractivity (Wildman–Crippen MR) is 92.8 cm³/mol. The number of imide groups is 1. The van der Waals surface area contributed by atoms with Gasteiger partial charge in [0.1, 0.15) is 11.6 Å². The summed E-state index contributed by atoms with van der Waals surface area (Å²) in [5.74, 6) is -1.49. The summed E-state index contributed by atoms with van der Waals surface area (Å²) in [6, 6.07) is 5.72. The maximum Gasteiger partial charge on any atom is 0.271 e. The van der Waals surface area contributed by atoms with Gasteiger partial charge in [0.2, 0.25) is 10.0 Å². The molecule has 2 unspecified atom stereocenters. The van der Waals surface area contributed by atoms with Crippen LogP contribution in [0.1, 0.15) is 13.8 Å². The van der Waals surface area contributed by atoms with Crippen LogP contribution in [0.15, 0.2) is 50.5 Å². The molecule has 0 radical (unpaired) electrons. The lowest BCUT2D eigenvalue weighted by Crippen LogP contribution is -2.50. The number of rotatable bonds is 5. The average molecular weight is 391 g/mol. The lowest BCUT2D eigenvalue weighted by atomic mass is 9.96. The Morgan fingerprint density at radius 3 is 2.41 bits per heavy atom. The smallest absolute Gasteiger partial charge is 0.271 e. The highest BCUT2D eigenvalue weighted by molar-refractivity contribution is 7.89. The lowest BCUT2D eigenvalue weighted by molar-refractivity contribution is -0.145. The summed E-state index contributed by atoms with van der Waals surface area (Å²) >= 11 is 0. The van der Waals surface area contributed by atoms with Crippen molar-refractivity contribution in [1.82, 2.24) is 4.90 Å². The highest BCUT2D eigenvalue weighted by Gasteiger charge is 2.39. The van der Waals surface area contributed by atoms with E-state index in [0.717, 1.165) is 4.90 Å². The summed E-state index contributed by atoms with van der Waals surface area (Å²) in [7, 11) is -3.85. The summed E-state index contributed by atoms with van der Waals surface area (Å²) in [4.78, 5) is 25.5. The van der Waals surface area contributed by atoms with E-state index in [4.69, 9.17) is 5.14 Å². The molecule has 0 aliphatic carbocycles. The Hall–Kier alpha value is -2.94. The molecule has 0 aromatic heterocycles. The normalized spacial score (nSPS) is 19.5. The van der Waals surface area contributed by atoms with Crippen molar-refractivity contribution < 1.29 is 23.1 Å². The van der Waals surface area contributed by atoms with E-state index in [2.05, 4.69) is 10.2 Å². The topological polar surface area (TPSA) is 166 Å². The Balaban J connectivity index is 2.36. The summed E-state index contributed by atoms with van der Waals surface area (Å²) in [6.07, 6.45) is -0.973. The highest BCUT2D eigenvalue weighted by Crippen LogP contribution is 2.25. The van der Waals surface area contributed by atoms with Gasteiger partial charge in [-0.1, -0.05) is 0 Å². The zero-order valence-electron chi connectivity index (χ0n) is 14.5. The lowest BCUT2D eigenvalue weighted by Gasteiger charge is -2.29. The number of hydrogen-bond acceptors (Lipinski definition) is 8. The molecule has 2 atom stereocenters. The number of nitriles is 1. The van der Waals surface area contributed by atoms with Crippen molar-refractivity contribution in [2.45, 2.75) is 30.9 Å². The quantitative estimate of drug-likeness (QED) is 0.543. The molecule has 0 spiro atoms. The van der Waals surface area contributed by atoms with Gasteiger partial charge in [0.05, 0.1) is 23.2 Å². The molecule has 142 valence electrons. The monoisotopic (exact) mass is 391 g/mol. The Morgan fingerprint density at radius 1 is 1.33 bits per heavy atom. The van der Waals surface area contributed by atoms with Gasteiger partial charge in [0, 0.05) is 0 Å². The SMILES string of the molecule is CC1=C(C#N)C(=O)N(CC(C)O)C(=O)C1N=Nc1ccc(S(N)(=O)=O)cc1. The van der Waals surface area contributed by atoms with Crippen LogP contribution in [0.3, 0.4) is 0 Å². The van der Waals surface area contributed by atoms with Crippen molar-refractivity contribution in [2.75, 3.05) is 6.54 Å². The molecular formula is C16H17N5O5S. The Labute approximate surface area is 155 Å². The molecule has 1 aliphatic rings. The van der Waals surface area contributed by atoms with Crippen molar-refractivity contribution in [1.29, 1.82) is 5.26 Å². The van der Waals surface area contributed by atoms with E-state index in [1.54, 1.807) is 6.07 Å². The van der Waals surface area contributed by atoms with Gasteiger partial charge in [0.25, 0.3) is 11.8 Å². The first-order chi connectivity index (χ1) is 12.6. The maximum atomic E-state index is 12.6. The van der Waals surface area contributed by atoms with Gasteiger partial charge < -0.3 is 5.11 Å². The number of β-amino-alcohol motifs (C(OH)–C–C–N with tert-alkyl or cyclic N) is 1. The molecule has 0 fully saturated rings. The Kier molecular flexibility index (Phi) is 5.85. The van der Waals surface area contributed by atoms with E-state index in [1.807, 2.05) is 0 Å². The van der Waals surface area contributed by atoms with E-state index in [0.29, 0.717) is 0 Å². The molecule has 11 heteroatoms. The van der Waals surface area contributed by atoms with E-state index >= 15 is 0 Å². The minimum atomic E-state index is -3.85. The zero-order chi connectivity index (χ0) is 20.4. The van der Waals surface area contributed by atoms with Gasteiger partial charge in [-0.05, 0) is 43.7 Å². The molecule has 2 rings (SSSR count). The van der Waals surface area contributed by atoms with E-state index in [1.165, 1.54) is 38.1 Å². The van der Waals surface area contributed by atoms with Crippen LogP contribution >= 0.6 is 0 Å². The molecule has 1 aliphatic heterocycles. The fourth-order valence-corrected chi connectivity index (χ4v) is 2.92. The van der Waals surface area contributed by atoms with Crippen molar-refractivity contribution in [2.24, 2.45) is 15.4 Å². The number of nitrogens with zero attached hydrogens (tertiary/aromatic N) is 4. The molecule has 0 saturated heterocycles. The van der Waals surface area contributed by atoms with Gasteiger partial charge in [-0.25, -0.2) is 13.6 Å². The second-order valence-corrected chi connectivity index (χ2v) is 7.49. The van der Waals surface area contributed by atoms with E-state index in [-0.39, 0.29) is 28.3 Å². The number of amides is 2. The number of azo groups is 1. The maximum absolute atomic E-state index is 12.6. The third-order valence-corrected chi connectivity index (χ3v) is 4.71. The van der Waals surface area contributed by atoms with Gasteiger partial charge in [-0.2, -0.15) is 15.5 Å². The summed E-state index contributed by atoms with van der Waals surface area (Å²) < 4.78 is 22.5. The molecule has 0 saturated carbocycles. The summed E-state index contributed by atoms with van der Waals surface area (Å²) in [5.41, 5.74) is 0.170. The number of aliphatic hydroxyl groups excluding tert-OH is 1. The minimum absolute atomic E-state index is 0.105. The number of nitrogens with two attached hydrogens (primary N) is 1. The van der Waals surface area contributed by atoms with Crippen LogP contribution in [0.5, 0.6) is 0 Å². The van der Waals surface area contributed by atoms with Gasteiger partial charge >= 0.3 is 0 Å². The molecule has 2 amide bonds. The van der Waals surface area contributed by atoms with Crippen LogP contribution in [0.4, 0.5) is 5.69 Å². The Bertz CT molecular complexity index is 973. The summed E-state index contributed by atoms with van der Waals surface area (Å²) in [5, 5.41) is 31.5. The molecule has 1 aromatic rings. The fourth-order valence-electron chi connectivity index (χ4n) is 2.41. The highest BCUT2D eigenvalue weighted by atomic mass is 32.2. The van der Waals surface area contributed by atoms with Crippen LogP contribution in [0, 0.1) is 11.3 Å². The number of carbonyl (C=O) groups is 2. The van der Waals surface area contributed by atoms with E-state index in [9.17, 15) is 28.4 Å². The Morgan fingerprint density at radius 2 is 1.93 bits per heavy atom. The second kappa shape index (κ2) is 7.75. The standard InChI is InChI=1S/C16H17N5O5S/c1-9(22)8-21-15(23)13(7-17)10(2)14(16(21)24)20-19-11-3-5-12(6-4-11)27(18,25)26/h3-6,9,14,22H,8H2,1-2H3,(H2,18,25,26). The third-order valence-electron chi connectivity index (χ3n) is 3.78. The summed E-state index contributed by atoms with van der Waals surface area (Å²) in [6.45, 7) is 2.56. The number of primary sulfonamides is 1. The fraction of sp³-hybridized carbons (Fsp3) is 0.312. The predicted octanol–water partition coefficient (Wildman–Crippen LogP) is 0.376. The van der Waals surface area contributed by atoms with E-state index < -0.39 is 34.0 Å². The first kappa shape index (κ1) is 20.4.